The molecule has 0 radical (unpaired) electrons. The molecule has 80 valence electrons. The maximum atomic E-state index is 3.86. The lowest BCUT2D eigenvalue weighted by Gasteiger charge is -2.58. The molecule has 2 fully saturated rings. The Bertz CT molecular complexity index is 361. The summed E-state index contributed by atoms with van der Waals surface area (Å²) in [6.07, 6.45) is 15.1. The van der Waals surface area contributed by atoms with Crippen molar-refractivity contribution >= 4 is 31.9 Å². The normalized spacial score (nSPS) is 57.5. The summed E-state index contributed by atoms with van der Waals surface area (Å²) < 4.78 is 0.281. The van der Waals surface area contributed by atoms with E-state index >= 15 is 0 Å². The molecule has 0 amide bonds. The van der Waals surface area contributed by atoms with Gasteiger partial charge in [0.15, 0.2) is 0 Å². The highest BCUT2D eigenvalue weighted by atomic mass is 79.9. The van der Waals surface area contributed by atoms with Crippen molar-refractivity contribution in [2.24, 2.45) is 22.7 Å². The molecule has 15 heavy (non-hydrogen) atoms. The van der Waals surface area contributed by atoms with E-state index in [0.717, 1.165) is 11.8 Å². The van der Waals surface area contributed by atoms with Gasteiger partial charge in [-0.05, 0) is 37.5 Å². The van der Waals surface area contributed by atoms with Crippen LogP contribution in [0, 0.1) is 22.7 Å². The van der Waals surface area contributed by atoms with Crippen molar-refractivity contribution in [3.05, 3.63) is 24.3 Å². The average molecular weight is 330 g/mol. The summed E-state index contributed by atoms with van der Waals surface area (Å²) in [4.78, 5) is 0. The predicted octanol–water partition coefficient (Wildman–Crippen LogP) is 4.40. The van der Waals surface area contributed by atoms with Crippen molar-refractivity contribution in [2.75, 3.05) is 0 Å². The maximum Gasteiger partial charge on any atom is 0.0869 e. The first kappa shape index (κ1) is 9.47. The van der Waals surface area contributed by atoms with Gasteiger partial charge >= 0.3 is 0 Å². The summed E-state index contributed by atoms with van der Waals surface area (Å²) in [7, 11) is 0. The van der Waals surface area contributed by atoms with Crippen LogP contribution in [0.15, 0.2) is 24.3 Å². The van der Waals surface area contributed by atoms with E-state index in [4.69, 9.17) is 0 Å². The molecule has 0 bridgehead atoms. The Hall–Kier alpha value is 0.440. The lowest BCUT2D eigenvalue weighted by molar-refractivity contribution is 0.0323. The first-order valence-electron chi connectivity index (χ1n) is 5.83. The van der Waals surface area contributed by atoms with Gasteiger partial charge in [0.2, 0.25) is 0 Å². The molecular weight excluding hydrogens is 316 g/mol. The summed E-state index contributed by atoms with van der Waals surface area (Å²) in [5.41, 5.74) is 1.07. The van der Waals surface area contributed by atoms with Crippen LogP contribution in [0.2, 0.25) is 0 Å². The van der Waals surface area contributed by atoms with E-state index in [2.05, 4.69) is 56.2 Å². The van der Waals surface area contributed by atoms with Crippen molar-refractivity contribution in [2.45, 2.75) is 28.9 Å². The highest BCUT2D eigenvalue weighted by molar-refractivity contribution is 9.25. The molecule has 0 aliphatic heterocycles. The standard InChI is InChI=1S/C13H14Br2/c14-13(15)9-7-11-3-1-2-4-12(11,6-5-11)8-10(9)13/h1-2,5-6,9-10H,3-4,7-8H2/t9-,10-,11-,12-/m1/s1. The van der Waals surface area contributed by atoms with E-state index in [9.17, 15) is 0 Å². The second-order valence-electron chi connectivity index (χ2n) is 5.82. The molecule has 0 unspecified atom stereocenters. The van der Waals surface area contributed by atoms with Gasteiger partial charge in [0.05, 0.1) is 3.23 Å². The van der Waals surface area contributed by atoms with Crippen LogP contribution in [0.25, 0.3) is 0 Å². The van der Waals surface area contributed by atoms with Gasteiger partial charge < -0.3 is 0 Å². The molecule has 2 heteroatoms. The largest absolute Gasteiger partial charge is 0.0876 e. The number of fused-ring (bicyclic) bond motifs is 1. The zero-order chi connectivity index (χ0) is 10.3. The van der Waals surface area contributed by atoms with Crippen LogP contribution in [0.1, 0.15) is 25.7 Å². The maximum absolute atomic E-state index is 3.86. The van der Waals surface area contributed by atoms with E-state index in [1.807, 2.05) is 0 Å². The second kappa shape index (κ2) is 2.48. The minimum absolute atomic E-state index is 0.281. The minimum Gasteiger partial charge on any atom is -0.0876 e. The number of hydrogen-bond acceptors (Lipinski definition) is 0. The van der Waals surface area contributed by atoms with Crippen molar-refractivity contribution in [3.8, 4) is 0 Å². The van der Waals surface area contributed by atoms with Crippen molar-refractivity contribution in [1.29, 1.82) is 0 Å². The summed E-state index contributed by atoms with van der Waals surface area (Å²) in [6.45, 7) is 0. The molecular formula is C13H14Br2. The number of hydrogen-bond donors (Lipinski definition) is 0. The lowest BCUT2D eigenvalue weighted by Crippen LogP contribution is -2.49. The van der Waals surface area contributed by atoms with E-state index in [0.29, 0.717) is 10.8 Å². The van der Waals surface area contributed by atoms with Crippen LogP contribution in [0.3, 0.4) is 0 Å². The van der Waals surface area contributed by atoms with Gasteiger partial charge in [-0.15, -0.1) is 0 Å². The third kappa shape index (κ3) is 0.914. The quantitative estimate of drug-likeness (QED) is 0.456. The molecule has 0 aromatic heterocycles. The smallest absolute Gasteiger partial charge is 0.0869 e. The highest BCUT2D eigenvalue weighted by Gasteiger charge is 2.72. The van der Waals surface area contributed by atoms with Gasteiger partial charge in [0.25, 0.3) is 0 Å². The first-order valence-corrected chi connectivity index (χ1v) is 7.42. The third-order valence-corrected chi connectivity index (χ3v) is 7.73. The van der Waals surface area contributed by atoms with Crippen LogP contribution >= 0.6 is 31.9 Å². The monoisotopic (exact) mass is 328 g/mol. The highest BCUT2D eigenvalue weighted by Crippen LogP contribution is 2.78. The lowest BCUT2D eigenvalue weighted by atomic mass is 9.45. The Labute approximate surface area is 107 Å². The summed E-state index contributed by atoms with van der Waals surface area (Å²) in [6, 6.07) is 0. The van der Waals surface area contributed by atoms with Crippen molar-refractivity contribution in [1.82, 2.24) is 0 Å². The van der Waals surface area contributed by atoms with E-state index in [-0.39, 0.29) is 3.23 Å². The molecule has 4 rings (SSSR count). The molecule has 0 nitrogen and oxygen atoms in total. The third-order valence-electron chi connectivity index (χ3n) is 5.38. The summed E-state index contributed by atoms with van der Waals surface area (Å²) >= 11 is 7.72. The zero-order valence-corrected chi connectivity index (χ0v) is 11.7. The fourth-order valence-electron chi connectivity index (χ4n) is 4.20. The molecule has 4 atom stereocenters. The summed E-state index contributed by atoms with van der Waals surface area (Å²) in [5, 5.41) is 0. The average Bonchev–Trinajstić information content (AvgIpc) is 2.69. The first-order chi connectivity index (χ1) is 7.10. The van der Waals surface area contributed by atoms with Crippen LogP contribution in [0.5, 0.6) is 0 Å². The van der Waals surface area contributed by atoms with Gasteiger partial charge in [-0.1, -0.05) is 56.2 Å². The van der Waals surface area contributed by atoms with Crippen molar-refractivity contribution < 1.29 is 0 Å². The fourth-order valence-corrected chi connectivity index (χ4v) is 5.86. The molecule has 0 N–H and O–H groups in total. The molecule has 0 heterocycles. The van der Waals surface area contributed by atoms with Gasteiger partial charge in [0, 0.05) is 10.8 Å². The number of rotatable bonds is 0. The van der Waals surface area contributed by atoms with E-state index in [1.54, 1.807) is 0 Å². The Morgan fingerprint density at radius 3 is 1.73 bits per heavy atom. The van der Waals surface area contributed by atoms with Crippen LogP contribution < -0.4 is 0 Å². The predicted molar refractivity (Wildman–Crippen MR) is 69.2 cm³/mol. The Morgan fingerprint density at radius 2 is 1.33 bits per heavy atom. The van der Waals surface area contributed by atoms with E-state index in [1.165, 1.54) is 25.7 Å². The molecule has 0 aromatic carbocycles. The van der Waals surface area contributed by atoms with Gasteiger partial charge in [0.1, 0.15) is 0 Å². The Balaban J connectivity index is 1.77. The van der Waals surface area contributed by atoms with Gasteiger partial charge in [-0.3, -0.25) is 0 Å². The van der Waals surface area contributed by atoms with E-state index < -0.39 is 0 Å². The van der Waals surface area contributed by atoms with Gasteiger partial charge in [-0.25, -0.2) is 0 Å². The number of halogens is 2. The molecule has 4 aliphatic carbocycles. The van der Waals surface area contributed by atoms with Crippen molar-refractivity contribution in [3.63, 3.8) is 0 Å². The molecule has 0 aromatic rings. The molecule has 0 saturated heterocycles. The Kier molecular flexibility index (Phi) is 1.56. The zero-order valence-electron chi connectivity index (χ0n) is 8.55. The fraction of sp³-hybridized carbons (Fsp3) is 0.692. The Morgan fingerprint density at radius 1 is 0.867 bits per heavy atom. The van der Waals surface area contributed by atoms with Crippen LogP contribution in [-0.2, 0) is 0 Å². The molecule has 4 aliphatic rings. The number of allylic oxidation sites excluding steroid dienone is 4. The SMILES string of the molecule is BrC1(Br)[C@@H]2C[C@@]34C=C[C@]3(CC=CC4)C[C@H]21. The second-order valence-corrected chi connectivity index (χ2v) is 9.51. The van der Waals surface area contributed by atoms with Crippen LogP contribution in [-0.4, -0.2) is 3.23 Å². The van der Waals surface area contributed by atoms with Crippen LogP contribution in [0.4, 0.5) is 0 Å². The number of alkyl halides is 2. The minimum atomic E-state index is 0.281. The molecule has 2 saturated carbocycles. The topological polar surface area (TPSA) is 0 Å². The van der Waals surface area contributed by atoms with Gasteiger partial charge in [-0.2, -0.15) is 0 Å². The summed E-state index contributed by atoms with van der Waals surface area (Å²) in [5.74, 6) is 1.73. The molecule has 0 spiro atoms.